The lowest BCUT2D eigenvalue weighted by Gasteiger charge is -2.23. The molecule has 0 spiro atoms. The fraction of sp³-hybridized carbons (Fsp3) is 0.600. The zero-order valence-electron chi connectivity index (χ0n) is 11.5. The van der Waals surface area contributed by atoms with Crippen molar-refractivity contribution in [3.8, 4) is 5.75 Å². The monoisotopic (exact) mass is 249 g/mol. The van der Waals surface area contributed by atoms with E-state index < -0.39 is 0 Å². The third-order valence-corrected chi connectivity index (χ3v) is 3.66. The van der Waals surface area contributed by atoms with Crippen LogP contribution in [0.3, 0.4) is 0 Å². The first-order valence-electron chi connectivity index (χ1n) is 6.72. The van der Waals surface area contributed by atoms with E-state index in [-0.39, 0.29) is 18.7 Å². The molecule has 1 heterocycles. The van der Waals surface area contributed by atoms with Gasteiger partial charge in [0, 0.05) is 17.6 Å². The summed E-state index contributed by atoms with van der Waals surface area (Å²) in [6, 6.07) is 4.75. The summed E-state index contributed by atoms with van der Waals surface area (Å²) in [5, 5.41) is 12.7. The summed E-state index contributed by atoms with van der Waals surface area (Å²) in [5.74, 6) is 0.998. The SMILES string of the molecule is Cc1cc2c(cc1C)C(N[C@H](C)CO)CCCO2. The molecule has 2 rings (SSSR count). The topological polar surface area (TPSA) is 41.5 Å². The van der Waals surface area contributed by atoms with Crippen LogP contribution in [-0.2, 0) is 0 Å². The Bertz CT molecular complexity index is 417. The van der Waals surface area contributed by atoms with Crippen molar-refractivity contribution in [3.05, 3.63) is 28.8 Å². The van der Waals surface area contributed by atoms with Crippen LogP contribution in [0.1, 0.15) is 42.5 Å². The Morgan fingerprint density at radius 2 is 2.11 bits per heavy atom. The Hall–Kier alpha value is -1.06. The number of rotatable bonds is 3. The van der Waals surface area contributed by atoms with Crippen LogP contribution in [0.25, 0.3) is 0 Å². The van der Waals surface area contributed by atoms with Crippen molar-refractivity contribution < 1.29 is 9.84 Å². The number of fused-ring (bicyclic) bond motifs is 1. The first kappa shape index (κ1) is 13.4. The maximum Gasteiger partial charge on any atom is 0.124 e. The fourth-order valence-corrected chi connectivity index (χ4v) is 2.40. The van der Waals surface area contributed by atoms with Crippen molar-refractivity contribution in [2.45, 2.75) is 45.7 Å². The van der Waals surface area contributed by atoms with E-state index in [4.69, 9.17) is 4.74 Å². The van der Waals surface area contributed by atoms with Crippen LogP contribution >= 0.6 is 0 Å². The zero-order chi connectivity index (χ0) is 13.1. The van der Waals surface area contributed by atoms with Crippen molar-refractivity contribution >= 4 is 0 Å². The molecule has 2 N–H and O–H groups in total. The number of nitrogens with one attached hydrogen (secondary N) is 1. The van der Waals surface area contributed by atoms with Crippen LogP contribution in [0.5, 0.6) is 5.75 Å². The molecular weight excluding hydrogens is 226 g/mol. The van der Waals surface area contributed by atoms with E-state index in [1.807, 2.05) is 6.92 Å². The maximum absolute atomic E-state index is 9.19. The molecule has 0 amide bonds. The number of aliphatic hydroxyl groups is 1. The molecule has 0 aliphatic carbocycles. The average Bonchev–Trinajstić information content (AvgIpc) is 2.53. The molecular formula is C15H23NO2. The van der Waals surface area contributed by atoms with Gasteiger partial charge in [-0.25, -0.2) is 0 Å². The molecule has 3 nitrogen and oxygen atoms in total. The predicted molar refractivity (Wildman–Crippen MR) is 73.1 cm³/mol. The Balaban J connectivity index is 2.31. The summed E-state index contributed by atoms with van der Waals surface area (Å²) in [4.78, 5) is 0. The van der Waals surface area contributed by atoms with Gasteiger partial charge in [-0.05, 0) is 50.8 Å². The minimum absolute atomic E-state index is 0.113. The number of hydrogen-bond donors (Lipinski definition) is 2. The van der Waals surface area contributed by atoms with Crippen LogP contribution in [-0.4, -0.2) is 24.4 Å². The molecule has 1 aromatic carbocycles. The summed E-state index contributed by atoms with van der Waals surface area (Å²) >= 11 is 0. The van der Waals surface area contributed by atoms with Crippen molar-refractivity contribution in [2.75, 3.05) is 13.2 Å². The molecule has 0 bridgehead atoms. The quantitative estimate of drug-likeness (QED) is 0.864. The van der Waals surface area contributed by atoms with E-state index in [1.165, 1.54) is 16.7 Å². The number of aliphatic hydroxyl groups excluding tert-OH is 1. The molecule has 0 radical (unpaired) electrons. The van der Waals surface area contributed by atoms with Crippen molar-refractivity contribution in [3.63, 3.8) is 0 Å². The highest BCUT2D eigenvalue weighted by Crippen LogP contribution is 2.33. The Morgan fingerprint density at radius 1 is 1.39 bits per heavy atom. The van der Waals surface area contributed by atoms with E-state index in [0.717, 1.165) is 25.2 Å². The Labute approximate surface area is 109 Å². The van der Waals surface area contributed by atoms with Gasteiger partial charge in [-0.1, -0.05) is 6.07 Å². The van der Waals surface area contributed by atoms with Crippen LogP contribution in [0.4, 0.5) is 0 Å². The molecule has 1 aromatic rings. The van der Waals surface area contributed by atoms with Gasteiger partial charge in [-0.2, -0.15) is 0 Å². The lowest BCUT2D eigenvalue weighted by molar-refractivity contribution is 0.238. The van der Waals surface area contributed by atoms with Crippen LogP contribution in [0, 0.1) is 13.8 Å². The number of benzene rings is 1. The second kappa shape index (κ2) is 5.72. The Kier molecular flexibility index (Phi) is 4.25. The van der Waals surface area contributed by atoms with Gasteiger partial charge in [0.2, 0.25) is 0 Å². The van der Waals surface area contributed by atoms with Gasteiger partial charge in [-0.3, -0.25) is 0 Å². The molecule has 3 heteroatoms. The van der Waals surface area contributed by atoms with Gasteiger partial charge in [0.15, 0.2) is 0 Å². The van der Waals surface area contributed by atoms with E-state index >= 15 is 0 Å². The lowest BCUT2D eigenvalue weighted by Crippen LogP contribution is -2.33. The fourth-order valence-electron chi connectivity index (χ4n) is 2.40. The highest BCUT2D eigenvalue weighted by atomic mass is 16.5. The van der Waals surface area contributed by atoms with Gasteiger partial charge < -0.3 is 15.2 Å². The molecule has 1 aliphatic heterocycles. The number of aryl methyl sites for hydroxylation is 2. The minimum atomic E-state index is 0.113. The second-order valence-corrected chi connectivity index (χ2v) is 5.27. The van der Waals surface area contributed by atoms with Gasteiger partial charge in [-0.15, -0.1) is 0 Å². The van der Waals surface area contributed by atoms with Crippen molar-refractivity contribution in [1.82, 2.24) is 5.32 Å². The highest BCUT2D eigenvalue weighted by Gasteiger charge is 2.21. The van der Waals surface area contributed by atoms with E-state index in [1.54, 1.807) is 0 Å². The molecule has 100 valence electrons. The third kappa shape index (κ3) is 2.85. The second-order valence-electron chi connectivity index (χ2n) is 5.27. The highest BCUT2D eigenvalue weighted by molar-refractivity contribution is 5.44. The van der Waals surface area contributed by atoms with Crippen LogP contribution < -0.4 is 10.1 Å². The molecule has 0 saturated carbocycles. The normalized spacial score (nSPS) is 20.8. The summed E-state index contributed by atoms with van der Waals surface area (Å²) in [5.41, 5.74) is 3.79. The molecule has 0 saturated heterocycles. The van der Waals surface area contributed by atoms with Crippen LogP contribution in [0.2, 0.25) is 0 Å². The average molecular weight is 249 g/mol. The molecule has 1 unspecified atom stereocenters. The molecule has 0 fully saturated rings. The molecule has 0 aromatic heterocycles. The van der Waals surface area contributed by atoms with Gasteiger partial charge in [0.25, 0.3) is 0 Å². The van der Waals surface area contributed by atoms with E-state index in [0.29, 0.717) is 0 Å². The minimum Gasteiger partial charge on any atom is -0.493 e. The van der Waals surface area contributed by atoms with Gasteiger partial charge in [0.1, 0.15) is 5.75 Å². The van der Waals surface area contributed by atoms with Crippen molar-refractivity contribution in [2.24, 2.45) is 0 Å². The molecule has 18 heavy (non-hydrogen) atoms. The summed E-state index contributed by atoms with van der Waals surface area (Å²) in [6.07, 6.45) is 2.10. The largest absolute Gasteiger partial charge is 0.493 e. The smallest absolute Gasteiger partial charge is 0.124 e. The van der Waals surface area contributed by atoms with Crippen molar-refractivity contribution in [1.29, 1.82) is 0 Å². The zero-order valence-corrected chi connectivity index (χ0v) is 11.5. The molecule has 1 aliphatic rings. The van der Waals surface area contributed by atoms with Crippen LogP contribution in [0.15, 0.2) is 12.1 Å². The van der Waals surface area contributed by atoms with Gasteiger partial charge in [0.05, 0.1) is 13.2 Å². The van der Waals surface area contributed by atoms with E-state index in [2.05, 4.69) is 31.3 Å². The predicted octanol–water partition coefficient (Wildman–Crippen LogP) is 2.49. The lowest BCUT2D eigenvalue weighted by atomic mass is 9.97. The number of ether oxygens (including phenoxy) is 1. The van der Waals surface area contributed by atoms with E-state index in [9.17, 15) is 5.11 Å². The standard InChI is InChI=1S/C15H23NO2/c1-10-7-13-14(16-12(3)9-17)5-4-6-18-15(13)8-11(10)2/h7-8,12,14,16-17H,4-6,9H2,1-3H3/t12-,14?/m1/s1. The summed E-state index contributed by atoms with van der Waals surface area (Å²) in [7, 11) is 0. The summed E-state index contributed by atoms with van der Waals surface area (Å²) in [6.45, 7) is 7.20. The summed E-state index contributed by atoms with van der Waals surface area (Å²) < 4.78 is 5.83. The Morgan fingerprint density at radius 3 is 2.83 bits per heavy atom. The maximum atomic E-state index is 9.19. The first-order valence-corrected chi connectivity index (χ1v) is 6.72. The number of hydrogen-bond acceptors (Lipinski definition) is 3. The molecule has 2 atom stereocenters. The third-order valence-electron chi connectivity index (χ3n) is 3.66. The van der Waals surface area contributed by atoms with Gasteiger partial charge >= 0.3 is 0 Å². The first-order chi connectivity index (χ1) is 8.61.